The summed E-state index contributed by atoms with van der Waals surface area (Å²) in [6, 6.07) is 7.52. The average Bonchev–Trinajstić information content (AvgIpc) is 3.28. The molecule has 1 aliphatic heterocycles. The van der Waals surface area contributed by atoms with E-state index < -0.39 is 97.9 Å². The van der Waals surface area contributed by atoms with Crippen molar-refractivity contribution in [2.45, 2.75) is 89.9 Å². The Bertz CT molecular complexity index is 1680. The number of hydrogen-bond donors (Lipinski definition) is 3. The molecule has 17 nitrogen and oxygen atoms in total. The normalized spacial score (nSPS) is 23.4. The molecule has 19 heteroatoms. The molecule has 1 amide bonds. The summed E-state index contributed by atoms with van der Waals surface area (Å²) in [6.07, 6.45) is -6.03. The van der Waals surface area contributed by atoms with Crippen LogP contribution in [0.5, 0.6) is 5.75 Å². The van der Waals surface area contributed by atoms with Gasteiger partial charge in [0.2, 0.25) is 0 Å². The molecule has 0 bridgehead atoms. The number of nitrogens with zero attached hydrogens (tertiary/aromatic N) is 2. The Morgan fingerprint density at radius 2 is 1.72 bits per heavy atom. The molecule has 2 aromatic rings. The molecule has 3 rings (SSSR count). The zero-order valence-electron chi connectivity index (χ0n) is 29.0. The molecule has 1 saturated heterocycles. The molecule has 7 atom stereocenters. The summed E-state index contributed by atoms with van der Waals surface area (Å²) in [4.78, 5) is 64.5. The van der Waals surface area contributed by atoms with Gasteiger partial charge in [-0.3, -0.25) is 23.2 Å². The third kappa shape index (κ3) is 8.98. The lowest BCUT2D eigenvalue weighted by atomic mass is 9.86. The molecular formula is C31H44FN4O13P. The number of carbonyl (C=O) groups is 3. The topological polar surface area (TPSA) is 212 Å². The fraction of sp³-hybridized carbons (Fsp3) is 0.581. The van der Waals surface area contributed by atoms with Crippen LogP contribution >= 0.6 is 7.75 Å². The Labute approximate surface area is 287 Å². The first-order valence-corrected chi connectivity index (χ1v) is 17.1. The van der Waals surface area contributed by atoms with Gasteiger partial charge in [-0.1, -0.05) is 32.0 Å². The van der Waals surface area contributed by atoms with Gasteiger partial charge in [-0.05, 0) is 45.7 Å². The van der Waals surface area contributed by atoms with Crippen molar-refractivity contribution in [3.8, 4) is 5.75 Å². The number of alkyl carbamates (subject to hydrolysis) is 1. The number of hydrogen-bond acceptors (Lipinski definition) is 13. The largest absolute Gasteiger partial charge is 0.467 e. The van der Waals surface area contributed by atoms with Crippen molar-refractivity contribution in [2.24, 2.45) is 5.92 Å². The number of rotatable bonds is 15. The number of halogens is 1. The lowest BCUT2D eigenvalue weighted by Gasteiger charge is -2.35. The van der Waals surface area contributed by atoms with Crippen molar-refractivity contribution in [3.05, 3.63) is 63.4 Å². The number of amides is 1. The number of alkyl halides is 1. The van der Waals surface area contributed by atoms with Crippen LogP contribution in [0.3, 0.4) is 0 Å². The number of aromatic nitrogens is 2. The number of carbonyl (C=O) groups excluding carboxylic acids is 3. The van der Waals surface area contributed by atoms with E-state index in [-0.39, 0.29) is 5.75 Å². The van der Waals surface area contributed by atoms with Crippen molar-refractivity contribution in [1.82, 2.24) is 19.5 Å². The number of ether oxygens (including phenoxy) is 4. The van der Waals surface area contributed by atoms with Gasteiger partial charge in [-0.15, -0.1) is 0 Å². The van der Waals surface area contributed by atoms with Crippen molar-refractivity contribution < 1.29 is 56.4 Å². The maximum Gasteiger partial charge on any atom is 0.459 e. The summed E-state index contributed by atoms with van der Waals surface area (Å²) in [5.74, 6) is -2.43. The third-order valence-corrected chi connectivity index (χ3v) is 9.60. The molecule has 278 valence electrons. The number of benzene rings is 1. The molecule has 2 heterocycles. The van der Waals surface area contributed by atoms with Crippen LogP contribution in [0.25, 0.3) is 0 Å². The molecule has 50 heavy (non-hydrogen) atoms. The molecule has 0 saturated carbocycles. The van der Waals surface area contributed by atoms with E-state index in [9.17, 15) is 33.6 Å². The SMILES string of the molecule is COC(=O)N[C@@](Cn1c(=O)ccn([C@@H]2O[C@H](CO[P@@](=O)(N[C@@H](C)C(=O)OC(C)C)Oc3ccccc3)[C@@H](O)[C@@]2(C)F)c1=O)(C(=O)OC)C(C)C. The molecule has 0 unspecified atom stereocenters. The standard InChI is InChI=1S/C31H44FN4O13P/c1-18(2)31(27(40)44-7,33-28(41)45-8)17-36-23(37)14-15-35(29(36)42)26-30(6,32)24(38)22(48-26)16-46-50(43,49-21-12-10-9-11-13-21)34-20(5)25(39)47-19(3)4/h9-15,18-20,22,24,26,38H,16-17H2,1-8H3,(H,33,41)(H,34,43)/t20-,22+,24+,26+,30+,31+,50-/m0/s1. The number of nitrogens with one attached hydrogen (secondary N) is 2. The van der Waals surface area contributed by atoms with Crippen molar-refractivity contribution in [1.29, 1.82) is 0 Å². The van der Waals surface area contributed by atoms with E-state index in [1.54, 1.807) is 32.0 Å². The van der Waals surface area contributed by atoms with Gasteiger partial charge in [0.05, 0.1) is 33.5 Å². The molecule has 1 aromatic heterocycles. The minimum absolute atomic E-state index is 0.0915. The number of esters is 2. The van der Waals surface area contributed by atoms with Crippen LogP contribution in [-0.4, -0.2) is 88.7 Å². The Morgan fingerprint density at radius 1 is 1.08 bits per heavy atom. The second-order valence-corrected chi connectivity index (χ2v) is 14.0. The minimum atomic E-state index is -4.46. The van der Waals surface area contributed by atoms with E-state index in [4.69, 9.17) is 23.3 Å². The van der Waals surface area contributed by atoms with Crippen LogP contribution in [0.2, 0.25) is 0 Å². The zero-order chi connectivity index (χ0) is 37.6. The highest BCUT2D eigenvalue weighted by Crippen LogP contribution is 2.47. The van der Waals surface area contributed by atoms with Gasteiger partial charge in [-0.2, -0.15) is 5.09 Å². The molecule has 1 aromatic carbocycles. The van der Waals surface area contributed by atoms with Gasteiger partial charge < -0.3 is 33.9 Å². The predicted octanol–water partition coefficient (Wildman–Crippen LogP) is 2.05. The fourth-order valence-electron chi connectivity index (χ4n) is 5.09. The van der Waals surface area contributed by atoms with E-state index in [1.165, 1.54) is 32.9 Å². The van der Waals surface area contributed by atoms with E-state index in [1.807, 2.05) is 0 Å². The number of methoxy groups -OCH3 is 2. The molecule has 1 fully saturated rings. The van der Waals surface area contributed by atoms with Crippen LogP contribution in [0, 0.1) is 5.92 Å². The maximum absolute atomic E-state index is 16.3. The lowest BCUT2D eigenvalue weighted by molar-refractivity contribution is -0.151. The van der Waals surface area contributed by atoms with E-state index in [0.29, 0.717) is 9.13 Å². The molecule has 0 aliphatic carbocycles. The third-order valence-electron chi connectivity index (χ3n) is 7.95. The molecule has 0 radical (unpaired) electrons. The maximum atomic E-state index is 16.3. The number of aliphatic hydroxyl groups is 1. The van der Waals surface area contributed by atoms with Gasteiger partial charge in [0, 0.05) is 12.3 Å². The number of para-hydroxylation sites is 1. The second-order valence-electron chi connectivity index (χ2n) is 12.3. The molecular weight excluding hydrogens is 686 g/mol. The van der Waals surface area contributed by atoms with Crippen molar-refractivity contribution in [3.63, 3.8) is 0 Å². The predicted molar refractivity (Wildman–Crippen MR) is 174 cm³/mol. The Balaban J connectivity index is 1.95. The van der Waals surface area contributed by atoms with Crippen LogP contribution in [-0.2, 0) is 44.2 Å². The fourth-order valence-corrected chi connectivity index (χ4v) is 6.60. The first-order chi connectivity index (χ1) is 23.3. The Morgan fingerprint density at radius 3 is 2.28 bits per heavy atom. The summed E-state index contributed by atoms with van der Waals surface area (Å²) in [7, 11) is -2.36. The van der Waals surface area contributed by atoms with Gasteiger partial charge in [0.15, 0.2) is 17.4 Å². The van der Waals surface area contributed by atoms with Crippen LogP contribution in [0.1, 0.15) is 47.8 Å². The van der Waals surface area contributed by atoms with Crippen LogP contribution < -0.4 is 26.2 Å². The van der Waals surface area contributed by atoms with E-state index in [0.717, 1.165) is 33.4 Å². The Hall–Kier alpha value is -4.09. The zero-order valence-corrected chi connectivity index (χ0v) is 29.9. The smallest absolute Gasteiger partial charge is 0.459 e. The Kier molecular flexibility index (Phi) is 13.1. The molecule has 3 N–H and O–H groups in total. The number of aliphatic hydroxyl groups excluding tert-OH is 1. The summed E-state index contributed by atoms with van der Waals surface area (Å²) in [5.41, 5.74) is -6.78. The molecule has 0 spiro atoms. The lowest BCUT2D eigenvalue weighted by Crippen LogP contribution is -2.63. The quantitative estimate of drug-likeness (QED) is 0.136. The highest BCUT2D eigenvalue weighted by molar-refractivity contribution is 7.52. The van der Waals surface area contributed by atoms with Crippen LogP contribution in [0.4, 0.5) is 9.18 Å². The summed E-state index contributed by atoms with van der Waals surface area (Å²) in [5, 5.41) is 15.8. The van der Waals surface area contributed by atoms with Gasteiger partial charge in [0.25, 0.3) is 5.56 Å². The summed E-state index contributed by atoms with van der Waals surface area (Å²) >= 11 is 0. The molecule has 1 aliphatic rings. The first kappa shape index (κ1) is 40.3. The van der Waals surface area contributed by atoms with Gasteiger partial charge >= 0.3 is 31.5 Å². The van der Waals surface area contributed by atoms with Crippen molar-refractivity contribution >= 4 is 25.8 Å². The second kappa shape index (κ2) is 16.3. The summed E-state index contributed by atoms with van der Waals surface area (Å²) in [6.45, 7) is 7.10. The van der Waals surface area contributed by atoms with Crippen LogP contribution in [0.15, 0.2) is 52.2 Å². The average molecular weight is 731 g/mol. The van der Waals surface area contributed by atoms with Crippen molar-refractivity contribution in [2.75, 3.05) is 20.8 Å². The van der Waals surface area contributed by atoms with Gasteiger partial charge in [-0.25, -0.2) is 23.3 Å². The van der Waals surface area contributed by atoms with E-state index in [2.05, 4.69) is 15.1 Å². The highest BCUT2D eigenvalue weighted by Gasteiger charge is 2.56. The van der Waals surface area contributed by atoms with Gasteiger partial charge in [0.1, 0.15) is 24.0 Å². The first-order valence-electron chi connectivity index (χ1n) is 15.6. The van der Waals surface area contributed by atoms with E-state index >= 15 is 4.39 Å². The monoisotopic (exact) mass is 730 g/mol. The minimum Gasteiger partial charge on any atom is -0.467 e. The highest BCUT2D eigenvalue weighted by atomic mass is 31.2. The summed E-state index contributed by atoms with van der Waals surface area (Å²) < 4.78 is 63.0.